The third-order valence-electron chi connectivity index (χ3n) is 2.44. The molecule has 0 radical (unpaired) electrons. The lowest BCUT2D eigenvalue weighted by molar-refractivity contribution is 0.272. The molecule has 1 aromatic rings. The van der Waals surface area contributed by atoms with Crippen LogP contribution in [0.2, 0.25) is 0 Å². The Labute approximate surface area is 86.8 Å². The van der Waals surface area contributed by atoms with Crippen molar-refractivity contribution in [3.8, 4) is 5.75 Å². The number of ether oxygens (including phenoxy) is 1. The van der Waals surface area contributed by atoms with Crippen LogP contribution in [-0.2, 0) is 0 Å². The fourth-order valence-corrected chi connectivity index (χ4v) is 2.30. The highest BCUT2D eigenvalue weighted by Gasteiger charge is 2.21. The molecule has 0 aromatic heterocycles. The molecule has 4 heteroatoms. The van der Waals surface area contributed by atoms with Gasteiger partial charge in [-0.3, -0.25) is 5.14 Å². The van der Waals surface area contributed by atoms with Crippen LogP contribution >= 0.6 is 11.9 Å². The fourth-order valence-electron chi connectivity index (χ4n) is 1.73. The van der Waals surface area contributed by atoms with E-state index in [2.05, 4.69) is 0 Å². The predicted molar refractivity (Wildman–Crippen MR) is 55.9 cm³/mol. The Morgan fingerprint density at radius 2 is 2.43 bits per heavy atom. The van der Waals surface area contributed by atoms with Gasteiger partial charge in [-0.1, -0.05) is 18.0 Å². The standard InChI is InChI=1S/C10H12FNOS/c11-8-1-2-9-7(6-14-12)3-4-13-10(9)5-8/h1-2,5,7H,3-4,6,12H2. The molecule has 0 fully saturated rings. The molecule has 1 aliphatic heterocycles. The number of hydrogen-bond donors (Lipinski definition) is 1. The van der Waals surface area contributed by atoms with Crippen LogP contribution in [0.1, 0.15) is 17.9 Å². The van der Waals surface area contributed by atoms with E-state index in [4.69, 9.17) is 9.88 Å². The third kappa shape index (κ3) is 1.86. The average molecular weight is 213 g/mol. The van der Waals surface area contributed by atoms with Crippen LogP contribution in [0.25, 0.3) is 0 Å². The van der Waals surface area contributed by atoms with Gasteiger partial charge >= 0.3 is 0 Å². The lowest BCUT2D eigenvalue weighted by Crippen LogP contribution is -2.16. The van der Waals surface area contributed by atoms with E-state index in [-0.39, 0.29) is 5.82 Å². The van der Waals surface area contributed by atoms with Gasteiger partial charge in [0.05, 0.1) is 6.61 Å². The molecule has 2 nitrogen and oxygen atoms in total. The van der Waals surface area contributed by atoms with E-state index in [1.54, 1.807) is 6.07 Å². The van der Waals surface area contributed by atoms with Crippen LogP contribution in [0, 0.1) is 5.82 Å². The van der Waals surface area contributed by atoms with Gasteiger partial charge in [0.15, 0.2) is 0 Å². The number of nitrogens with two attached hydrogens (primary N) is 1. The van der Waals surface area contributed by atoms with E-state index in [0.717, 1.165) is 17.7 Å². The van der Waals surface area contributed by atoms with E-state index < -0.39 is 0 Å². The molecule has 0 saturated heterocycles. The second-order valence-corrected chi connectivity index (χ2v) is 4.02. The van der Waals surface area contributed by atoms with Crippen molar-refractivity contribution in [1.29, 1.82) is 0 Å². The molecular formula is C10H12FNOS. The monoisotopic (exact) mass is 213 g/mol. The Balaban J connectivity index is 2.30. The van der Waals surface area contributed by atoms with Crippen molar-refractivity contribution in [2.24, 2.45) is 5.14 Å². The lowest BCUT2D eigenvalue weighted by Gasteiger charge is -2.25. The molecule has 0 spiro atoms. The second kappa shape index (κ2) is 4.19. The first-order chi connectivity index (χ1) is 6.81. The van der Waals surface area contributed by atoms with E-state index in [1.807, 2.05) is 0 Å². The van der Waals surface area contributed by atoms with Gasteiger partial charge in [-0.15, -0.1) is 0 Å². The van der Waals surface area contributed by atoms with Crippen molar-refractivity contribution in [1.82, 2.24) is 0 Å². The first-order valence-corrected chi connectivity index (χ1v) is 5.60. The van der Waals surface area contributed by atoms with Gasteiger partial charge in [-0.2, -0.15) is 0 Å². The van der Waals surface area contributed by atoms with Crippen molar-refractivity contribution in [3.63, 3.8) is 0 Å². The third-order valence-corrected chi connectivity index (χ3v) is 3.03. The first kappa shape index (κ1) is 9.80. The van der Waals surface area contributed by atoms with Crippen LogP contribution in [0.15, 0.2) is 18.2 Å². The molecule has 0 saturated carbocycles. The molecule has 1 unspecified atom stereocenters. The quantitative estimate of drug-likeness (QED) is 0.766. The number of benzene rings is 1. The van der Waals surface area contributed by atoms with E-state index in [9.17, 15) is 4.39 Å². The zero-order chi connectivity index (χ0) is 9.97. The molecule has 76 valence electrons. The fraction of sp³-hybridized carbons (Fsp3) is 0.400. The maximum atomic E-state index is 12.9. The molecule has 1 aromatic carbocycles. The molecule has 0 amide bonds. The molecule has 14 heavy (non-hydrogen) atoms. The van der Waals surface area contributed by atoms with Crippen molar-refractivity contribution in [2.75, 3.05) is 12.4 Å². The summed E-state index contributed by atoms with van der Waals surface area (Å²) in [5, 5.41) is 5.45. The van der Waals surface area contributed by atoms with Gasteiger partial charge in [0.25, 0.3) is 0 Å². The molecule has 0 aliphatic carbocycles. The van der Waals surface area contributed by atoms with Crippen LogP contribution < -0.4 is 9.88 Å². The minimum absolute atomic E-state index is 0.246. The largest absolute Gasteiger partial charge is 0.493 e. The summed E-state index contributed by atoms with van der Waals surface area (Å²) < 4.78 is 18.3. The minimum Gasteiger partial charge on any atom is -0.493 e. The smallest absolute Gasteiger partial charge is 0.126 e. The zero-order valence-electron chi connectivity index (χ0n) is 7.70. The SMILES string of the molecule is NSCC1CCOc2cc(F)ccc21. The van der Waals surface area contributed by atoms with Crippen LogP contribution in [-0.4, -0.2) is 12.4 Å². The maximum absolute atomic E-state index is 12.9. The van der Waals surface area contributed by atoms with Crippen LogP contribution in [0.5, 0.6) is 5.75 Å². The summed E-state index contributed by atoms with van der Waals surface area (Å²) in [5.41, 5.74) is 1.08. The van der Waals surface area contributed by atoms with Gasteiger partial charge in [-0.05, 0) is 18.1 Å². The average Bonchev–Trinajstić information content (AvgIpc) is 2.18. The molecule has 1 atom stereocenters. The molecular weight excluding hydrogens is 201 g/mol. The Hall–Kier alpha value is -0.740. The van der Waals surface area contributed by atoms with Gasteiger partial charge < -0.3 is 4.74 Å². The summed E-state index contributed by atoms with van der Waals surface area (Å²) in [4.78, 5) is 0. The summed E-state index contributed by atoms with van der Waals surface area (Å²) in [6.07, 6.45) is 0.961. The summed E-state index contributed by atoms with van der Waals surface area (Å²) in [6, 6.07) is 4.72. The van der Waals surface area contributed by atoms with Crippen molar-refractivity contribution >= 4 is 11.9 Å². The van der Waals surface area contributed by atoms with Gasteiger partial charge in [0.2, 0.25) is 0 Å². The Bertz CT molecular complexity index is 332. The Morgan fingerprint density at radius 1 is 1.57 bits per heavy atom. The summed E-state index contributed by atoms with van der Waals surface area (Å²) >= 11 is 1.33. The van der Waals surface area contributed by atoms with E-state index in [0.29, 0.717) is 18.3 Å². The molecule has 0 bridgehead atoms. The van der Waals surface area contributed by atoms with Crippen molar-refractivity contribution in [2.45, 2.75) is 12.3 Å². The summed E-state index contributed by atoms with van der Waals surface area (Å²) in [7, 11) is 0. The number of hydrogen-bond acceptors (Lipinski definition) is 3. The molecule has 1 heterocycles. The Morgan fingerprint density at radius 3 is 3.21 bits per heavy atom. The lowest BCUT2D eigenvalue weighted by atomic mass is 9.95. The molecule has 1 aliphatic rings. The maximum Gasteiger partial charge on any atom is 0.126 e. The van der Waals surface area contributed by atoms with Gasteiger partial charge in [-0.25, -0.2) is 4.39 Å². The Kier molecular flexibility index (Phi) is 2.93. The highest BCUT2D eigenvalue weighted by atomic mass is 32.2. The number of rotatable bonds is 2. The van der Waals surface area contributed by atoms with E-state index >= 15 is 0 Å². The predicted octanol–water partition coefficient (Wildman–Crippen LogP) is 2.30. The molecule has 2 rings (SSSR count). The number of fused-ring (bicyclic) bond motifs is 1. The zero-order valence-corrected chi connectivity index (χ0v) is 8.52. The van der Waals surface area contributed by atoms with Gasteiger partial charge in [0.1, 0.15) is 11.6 Å². The summed E-state index contributed by atoms with van der Waals surface area (Å²) in [6.45, 7) is 0.654. The highest BCUT2D eigenvalue weighted by molar-refractivity contribution is 7.97. The second-order valence-electron chi connectivity index (χ2n) is 3.35. The van der Waals surface area contributed by atoms with Crippen molar-refractivity contribution < 1.29 is 9.13 Å². The normalized spacial score (nSPS) is 20.0. The van der Waals surface area contributed by atoms with Crippen molar-refractivity contribution in [3.05, 3.63) is 29.6 Å². The van der Waals surface area contributed by atoms with Crippen LogP contribution in [0.4, 0.5) is 4.39 Å². The highest BCUT2D eigenvalue weighted by Crippen LogP contribution is 2.35. The number of halogens is 1. The topological polar surface area (TPSA) is 35.2 Å². The van der Waals surface area contributed by atoms with Gasteiger partial charge in [0, 0.05) is 17.7 Å². The summed E-state index contributed by atoms with van der Waals surface area (Å²) in [5.74, 6) is 1.69. The van der Waals surface area contributed by atoms with E-state index in [1.165, 1.54) is 24.1 Å². The minimum atomic E-state index is -0.246. The van der Waals surface area contributed by atoms with Crippen LogP contribution in [0.3, 0.4) is 0 Å². The first-order valence-electron chi connectivity index (χ1n) is 4.55. The molecule has 2 N–H and O–H groups in total.